The molecule has 0 spiro atoms. The molecule has 2 nitrogen and oxygen atoms in total. The lowest BCUT2D eigenvalue weighted by Gasteiger charge is -2.71. The Morgan fingerprint density at radius 3 is 2.25 bits per heavy atom. The smallest absolute Gasteiger partial charge is 0.306 e. The highest BCUT2D eigenvalue weighted by atomic mass is 16.5. The molecule has 228 valence electrons. The zero-order valence-electron chi connectivity index (χ0n) is 28.0. The van der Waals surface area contributed by atoms with Gasteiger partial charge in [0, 0.05) is 11.8 Å². The van der Waals surface area contributed by atoms with Crippen LogP contribution in [0, 0.1) is 50.2 Å². The Balaban J connectivity index is 1.36. The number of esters is 1. The number of hydrogen-bond acceptors (Lipinski definition) is 2. The molecule has 0 aliphatic heterocycles. The molecule has 0 amide bonds. The number of hydrogen-bond donors (Lipinski definition) is 0. The molecule has 0 aromatic carbocycles. The van der Waals surface area contributed by atoms with Gasteiger partial charge in [-0.2, -0.15) is 0 Å². The minimum atomic E-state index is 0.0373. The summed E-state index contributed by atoms with van der Waals surface area (Å²) in [5, 5.41) is 0. The Morgan fingerprint density at radius 2 is 1.52 bits per heavy atom. The fourth-order valence-corrected chi connectivity index (χ4v) is 11.8. The summed E-state index contributed by atoms with van der Waals surface area (Å²) in [7, 11) is 0. The predicted octanol–water partition coefficient (Wildman–Crippen LogP) is 11.1. The van der Waals surface area contributed by atoms with Gasteiger partial charge in [-0.05, 0) is 115 Å². The van der Waals surface area contributed by atoms with Crippen molar-refractivity contribution in [2.24, 2.45) is 50.2 Å². The molecule has 0 heterocycles. The van der Waals surface area contributed by atoms with E-state index >= 15 is 0 Å². The molecular formula is C38H64O2. The van der Waals surface area contributed by atoms with Crippen LogP contribution in [0.2, 0.25) is 0 Å². The lowest BCUT2D eigenvalue weighted by Crippen LogP contribution is -2.64. The number of rotatable bonds is 7. The number of unbranched alkanes of at least 4 members (excludes halogenated alkanes) is 4. The average Bonchev–Trinajstić information content (AvgIpc) is 2.87. The number of allylic oxidation sites excluding steroid dienone is 2. The minimum Gasteiger partial charge on any atom is -0.462 e. The molecule has 0 bridgehead atoms. The van der Waals surface area contributed by atoms with Gasteiger partial charge in [-0.15, -0.1) is 0 Å². The standard InChI is InChI=1S/C38H64O2/c1-10-11-12-13-14-15-32(39)40-31-19-20-36(7)29(34(31,4)5)18-21-38(9)30(36)17-16-27-28-26-33(2,3)22-23-35(28,6)24-25-37(27,38)8/h16,28-31H,10-15,17-26H2,1-9H3. The Morgan fingerprint density at radius 1 is 0.825 bits per heavy atom. The molecule has 5 rings (SSSR count). The summed E-state index contributed by atoms with van der Waals surface area (Å²) in [4.78, 5) is 12.9. The van der Waals surface area contributed by atoms with Crippen molar-refractivity contribution in [2.45, 2.75) is 171 Å². The summed E-state index contributed by atoms with van der Waals surface area (Å²) in [6.45, 7) is 22.9. The molecular weight excluding hydrogens is 488 g/mol. The third-order valence-corrected chi connectivity index (χ3v) is 14.8. The van der Waals surface area contributed by atoms with Gasteiger partial charge in [-0.1, -0.05) is 99.6 Å². The summed E-state index contributed by atoms with van der Waals surface area (Å²) in [5.74, 6) is 2.17. The summed E-state index contributed by atoms with van der Waals surface area (Å²) in [6.07, 6.45) is 22.5. The maximum Gasteiger partial charge on any atom is 0.306 e. The normalized spacial score (nSPS) is 45.3. The second-order valence-electron chi connectivity index (χ2n) is 17.9. The molecule has 0 aromatic heterocycles. The van der Waals surface area contributed by atoms with Gasteiger partial charge in [0.05, 0.1) is 0 Å². The van der Waals surface area contributed by atoms with E-state index in [0.29, 0.717) is 39.4 Å². The van der Waals surface area contributed by atoms with Crippen LogP contribution in [0.25, 0.3) is 0 Å². The lowest BCUT2D eigenvalue weighted by atomic mass is 9.33. The Hall–Kier alpha value is -0.790. The monoisotopic (exact) mass is 552 g/mol. The first kappa shape index (κ1) is 30.7. The second kappa shape index (κ2) is 10.4. The van der Waals surface area contributed by atoms with Crippen molar-refractivity contribution in [1.29, 1.82) is 0 Å². The van der Waals surface area contributed by atoms with Gasteiger partial charge in [0.1, 0.15) is 6.10 Å². The van der Waals surface area contributed by atoms with E-state index in [2.05, 4.69) is 68.4 Å². The predicted molar refractivity (Wildman–Crippen MR) is 168 cm³/mol. The largest absolute Gasteiger partial charge is 0.462 e. The lowest BCUT2D eigenvalue weighted by molar-refractivity contribution is -0.212. The van der Waals surface area contributed by atoms with Gasteiger partial charge in [-0.3, -0.25) is 4.79 Å². The van der Waals surface area contributed by atoms with Gasteiger partial charge < -0.3 is 4.74 Å². The van der Waals surface area contributed by atoms with Gasteiger partial charge in [0.15, 0.2) is 0 Å². The highest BCUT2D eigenvalue weighted by Crippen LogP contribution is 2.75. The van der Waals surface area contributed by atoms with E-state index < -0.39 is 0 Å². The fraction of sp³-hybridized carbons (Fsp3) is 0.921. The van der Waals surface area contributed by atoms with Crippen LogP contribution in [0.15, 0.2) is 11.6 Å². The van der Waals surface area contributed by atoms with E-state index in [0.717, 1.165) is 31.1 Å². The first-order valence-electron chi connectivity index (χ1n) is 17.5. The van der Waals surface area contributed by atoms with Gasteiger partial charge in [0.25, 0.3) is 0 Å². The molecule has 40 heavy (non-hydrogen) atoms. The molecule has 4 fully saturated rings. The van der Waals surface area contributed by atoms with Crippen molar-refractivity contribution in [3.63, 3.8) is 0 Å². The molecule has 0 saturated heterocycles. The summed E-state index contributed by atoms with van der Waals surface area (Å²) >= 11 is 0. The first-order valence-corrected chi connectivity index (χ1v) is 17.5. The van der Waals surface area contributed by atoms with Gasteiger partial charge in [-0.25, -0.2) is 0 Å². The van der Waals surface area contributed by atoms with Crippen LogP contribution >= 0.6 is 0 Å². The van der Waals surface area contributed by atoms with Crippen LogP contribution in [0.4, 0.5) is 0 Å². The first-order chi connectivity index (χ1) is 18.6. The summed E-state index contributed by atoms with van der Waals surface area (Å²) < 4.78 is 6.31. The third kappa shape index (κ3) is 4.76. The molecule has 5 aliphatic rings. The minimum absolute atomic E-state index is 0.0373. The zero-order chi connectivity index (χ0) is 29.2. The highest BCUT2D eigenvalue weighted by molar-refractivity contribution is 5.69. The molecule has 2 heteroatoms. The number of fused-ring (bicyclic) bond motifs is 7. The molecule has 0 aromatic rings. The maximum atomic E-state index is 12.9. The summed E-state index contributed by atoms with van der Waals surface area (Å²) in [5.41, 5.74) is 3.89. The highest BCUT2D eigenvalue weighted by Gasteiger charge is 2.68. The van der Waals surface area contributed by atoms with E-state index in [4.69, 9.17) is 4.74 Å². The maximum absolute atomic E-state index is 12.9. The topological polar surface area (TPSA) is 26.3 Å². The van der Waals surface area contributed by atoms with Gasteiger partial charge >= 0.3 is 5.97 Å². The molecule has 5 aliphatic carbocycles. The van der Waals surface area contributed by atoms with Crippen LogP contribution in [0.3, 0.4) is 0 Å². The van der Waals surface area contributed by atoms with Crippen LogP contribution in [0.1, 0.15) is 165 Å². The Bertz CT molecular complexity index is 989. The zero-order valence-corrected chi connectivity index (χ0v) is 28.0. The van der Waals surface area contributed by atoms with E-state index in [1.807, 2.05) is 5.57 Å². The number of carbonyl (C=O) groups excluding carboxylic acids is 1. The van der Waals surface area contributed by atoms with Crippen molar-refractivity contribution in [3.05, 3.63) is 11.6 Å². The van der Waals surface area contributed by atoms with E-state index in [1.54, 1.807) is 0 Å². The molecule has 0 radical (unpaired) electrons. The number of carbonyl (C=O) groups is 1. The fourth-order valence-electron chi connectivity index (χ4n) is 11.8. The second-order valence-corrected chi connectivity index (χ2v) is 17.9. The van der Waals surface area contributed by atoms with Crippen molar-refractivity contribution >= 4 is 5.97 Å². The Labute approximate surface area is 248 Å². The molecule has 8 unspecified atom stereocenters. The van der Waals surface area contributed by atoms with Crippen LogP contribution in [0.5, 0.6) is 0 Å². The molecule has 4 saturated carbocycles. The van der Waals surface area contributed by atoms with Crippen molar-refractivity contribution in [2.75, 3.05) is 0 Å². The van der Waals surface area contributed by atoms with Crippen LogP contribution in [-0.4, -0.2) is 12.1 Å². The van der Waals surface area contributed by atoms with Crippen LogP contribution in [-0.2, 0) is 9.53 Å². The van der Waals surface area contributed by atoms with E-state index in [1.165, 1.54) is 77.0 Å². The molecule has 0 N–H and O–H groups in total. The SMILES string of the molecule is CCCCCCCC(=O)OC1CCC2(C)C(CCC3(C)C2CC=C2C4CC(C)(C)CCC4(C)CCC23C)C1(C)C. The van der Waals surface area contributed by atoms with Crippen LogP contribution < -0.4 is 0 Å². The summed E-state index contributed by atoms with van der Waals surface area (Å²) in [6, 6.07) is 0. The van der Waals surface area contributed by atoms with E-state index in [9.17, 15) is 4.79 Å². The quantitative estimate of drug-likeness (QED) is 0.178. The third-order valence-electron chi connectivity index (χ3n) is 14.8. The van der Waals surface area contributed by atoms with Crippen molar-refractivity contribution < 1.29 is 9.53 Å². The Kier molecular flexibility index (Phi) is 8.00. The van der Waals surface area contributed by atoms with Gasteiger partial charge in [0.2, 0.25) is 0 Å². The molecule has 8 atom stereocenters. The van der Waals surface area contributed by atoms with Crippen molar-refractivity contribution in [3.8, 4) is 0 Å². The van der Waals surface area contributed by atoms with E-state index in [-0.39, 0.29) is 17.5 Å². The number of ether oxygens (including phenoxy) is 1. The van der Waals surface area contributed by atoms with Crippen molar-refractivity contribution in [1.82, 2.24) is 0 Å². The average molecular weight is 553 g/mol.